The molecule has 42 heavy (non-hydrogen) atoms. The molecule has 228 valence electrons. The Morgan fingerprint density at radius 3 is 2.26 bits per heavy atom. The molecule has 2 aromatic carbocycles. The van der Waals surface area contributed by atoms with Gasteiger partial charge in [-0.25, -0.2) is 21.9 Å². The Labute approximate surface area is 245 Å². The summed E-state index contributed by atoms with van der Waals surface area (Å²) in [7, 11) is -3.82. The van der Waals surface area contributed by atoms with Gasteiger partial charge in [0.05, 0.1) is 28.0 Å². The van der Waals surface area contributed by atoms with Crippen molar-refractivity contribution in [2.24, 2.45) is 5.92 Å². The van der Waals surface area contributed by atoms with Crippen molar-refractivity contribution in [2.75, 3.05) is 6.61 Å². The Morgan fingerprint density at radius 2 is 1.67 bits per heavy atom. The molecule has 0 radical (unpaired) electrons. The number of ether oxygens (including phenoxy) is 1. The van der Waals surface area contributed by atoms with Gasteiger partial charge in [-0.05, 0) is 87.0 Å². The number of hydrogen-bond donors (Lipinski definition) is 1. The van der Waals surface area contributed by atoms with E-state index in [9.17, 15) is 30.8 Å². The van der Waals surface area contributed by atoms with E-state index in [0.29, 0.717) is 43.1 Å². The lowest BCUT2D eigenvalue weighted by Gasteiger charge is -2.39. The van der Waals surface area contributed by atoms with Crippen molar-refractivity contribution in [3.05, 3.63) is 63.2 Å². The monoisotopic (exact) mass is 632 g/mol. The fraction of sp³-hybridized carbons (Fsp3) is 0.552. The summed E-state index contributed by atoms with van der Waals surface area (Å²) in [5.41, 5.74) is -0.726. The number of amides is 1. The molecule has 1 amide bonds. The van der Waals surface area contributed by atoms with Gasteiger partial charge < -0.3 is 4.74 Å². The van der Waals surface area contributed by atoms with E-state index in [1.165, 1.54) is 6.07 Å². The molecule has 4 fully saturated rings. The quantitative estimate of drug-likeness (QED) is 0.317. The Hall–Kier alpha value is -2.44. The Morgan fingerprint density at radius 1 is 1.00 bits per heavy atom. The predicted octanol–water partition coefficient (Wildman–Crippen LogP) is 6.56. The van der Waals surface area contributed by atoms with E-state index in [-0.39, 0.29) is 48.2 Å². The van der Waals surface area contributed by atoms with Crippen LogP contribution in [-0.4, -0.2) is 43.2 Å². The fourth-order valence-corrected chi connectivity index (χ4v) is 7.87. The zero-order valence-corrected chi connectivity index (χ0v) is 24.1. The minimum absolute atomic E-state index is 0.0232. The van der Waals surface area contributed by atoms with Gasteiger partial charge in [0.15, 0.2) is 0 Å². The van der Waals surface area contributed by atoms with Crippen LogP contribution in [0.5, 0.6) is 5.75 Å². The van der Waals surface area contributed by atoms with Crippen molar-refractivity contribution in [1.29, 1.82) is 0 Å². The minimum Gasteiger partial charge on any atom is -0.493 e. The number of piperidine rings is 1. The molecule has 1 N–H and O–H groups in total. The van der Waals surface area contributed by atoms with Crippen LogP contribution in [-0.2, 0) is 22.7 Å². The van der Waals surface area contributed by atoms with E-state index < -0.39 is 49.6 Å². The largest absolute Gasteiger partial charge is 0.493 e. The fourth-order valence-electron chi connectivity index (χ4n) is 6.34. The van der Waals surface area contributed by atoms with Crippen molar-refractivity contribution in [3.63, 3.8) is 0 Å². The highest BCUT2D eigenvalue weighted by atomic mass is 35.5. The first-order chi connectivity index (χ1) is 19.8. The number of fused-ring (bicyclic) bond motifs is 2. The number of rotatable bonds is 9. The molecule has 2 bridgehead atoms. The molecule has 13 heteroatoms. The molecule has 3 atom stereocenters. The number of halogens is 6. The van der Waals surface area contributed by atoms with Crippen LogP contribution >= 0.6 is 11.6 Å². The molecule has 0 spiro atoms. The van der Waals surface area contributed by atoms with Crippen molar-refractivity contribution in [2.45, 2.75) is 87.3 Å². The Balaban J connectivity index is 1.12. The summed E-state index contributed by atoms with van der Waals surface area (Å²) in [5.74, 6) is -2.18. The highest BCUT2D eigenvalue weighted by Gasteiger charge is 2.42. The molecule has 2 saturated heterocycles. The van der Waals surface area contributed by atoms with Gasteiger partial charge in [0.1, 0.15) is 17.4 Å². The van der Waals surface area contributed by atoms with E-state index in [1.807, 2.05) is 9.62 Å². The number of benzene rings is 2. The second kappa shape index (κ2) is 10.9. The first-order valence-corrected chi connectivity index (χ1v) is 16.1. The average Bonchev–Trinajstić information content (AvgIpc) is 3.81. The van der Waals surface area contributed by atoms with Crippen LogP contribution in [0.3, 0.4) is 0 Å². The van der Waals surface area contributed by atoms with Crippen molar-refractivity contribution in [1.82, 2.24) is 9.62 Å². The number of carbonyl (C=O) groups excluding carboxylic acids is 1. The molecule has 4 aliphatic rings. The third kappa shape index (κ3) is 6.12. The number of carbonyl (C=O) groups is 1. The first kappa shape index (κ1) is 29.6. The third-order valence-corrected chi connectivity index (χ3v) is 10.9. The van der Waals surface area contributed by atoms with E-state index >= 15 is 4.39 Å². The maximum atomic E-state index is 15.0. The van der Waals surface area contributed by atoms with Gasteiger partial charge in [0.25, 0.3) is 5.91 Å². The first-order valence-electron chi connectivity index (χ1n) is 14.1. The minimum atomic E-state index is -4.63. The van der Waals surface area contributed by atoms with Gasteiger partial charge in [0.2, 0.25) is 10.0 Å². The number of hydrogen-bond acceptors (Lipinski definition) is 5. The summed E-state index contributed by atoms with van der Waals surface area (Å²) in [6.07, 6.45) is 1.03. The van der Waals surface area contributed by atoms with E-state index in [1.54, 1.807) is 0 Å². The molecule has 2 saturated carbocycles. The lowest BCUT2D eigenvalue weighted by atomic mass is 9.90. The van der Waals surface area contributed by atoms with E-state index in [0.717, 1.165) is 37.8 Å². The molecule has 2 heterocycles. The lowest BCUT2D eigenvalue weighted by molar-refractivity contribution is -0.137. The molecule has 0 aromatic heterocycles. The number of nitrogens with zero attached hydrogens (tertiary/aromatic N) is 1. The van der Waals surface area contributed by atoms with Crippen LogP contribution in [0.4, 0.5) is 22.0 Å². The normalized spacial score (nSPS) is 24.6. The summed E-state index contributed by atoms with van der Waals surface area (Å²) >= 11 is 5.79. The average molecular weight is 633 g/mol. The van der Waals surface area contributed by atoms with Crippen molar-refractivity contribution in [3.8, 4) is 5.75 Å². The van der Waals surface area contributed by atoms with E-state index in [4.69, 9.17) is 16.3 Å². The summed E-state index contributed by atoms with van der Waals surface area (Å²) in [6, 6.07) is 4.03. The summed E-state index contributed by atoms with van der Waals surface area (Å²) in [4.78, 5) is 14.7. The van der Waals surface area contributed by atoms with Gasteiger partial charge in [0, 0.05) is 30.3 Å². The van der Waals surface area contributed by atoms with Crippen LogP contribution in [0.2, 0.25) is 5.02 Å². The molecule has 6 nitrogen and oxygen atoms in total. The molecule has 2 aliphatic carbocycles. The molecule has 2 aromatic rings. The summed E-state index contributed by atoms with van der Waals surface area (Å²) in [5, 5.41) is -1.17. The number of nitrogens with one attached hydrogen (secondary N) is 1. The van der Waals surface area contributed by atoms with Gasteiger partial charge in [-0.2, -0.15) is 13.2 Å². The zero-order chi connectivity index (χ0) is 30.0. The molecule has 1 unspecified atom stereocenters. The topological polar surface area (TPSA) is 75.7 Å². The van der Waals surface area contributed by atoms with Gasteiger partial charge in [-0.1, -0.05) is 11.6 Å². The SMILES string of the molecule is O=C(NS(=O)(=O)C1CC1)c1cc(C2CC2)c(OC[C@H]2CC3CC[C@H](C2)N3Cc2cc(C(F)(F)F)cc(Cl)c2F)cc1F. The number of alkyl halides is 3. The van der Waals surface area contributed by atoms with Crippen LogP contribution in [0.25, 0.3) is 0 Å². The van der Waals surface area contributed by atoms with E-state index in [2.05, 4.69) is 0 Å². The van der Waals surface area contributed by atoms with Crippen molar-refractivity contribution >= 4 is 27.5 Å². The zero-order valence-electron chi connectivity index (χ0n) is 22.5. The smallest absolute Gasteiger partial charge is 0.416 e. The summed E-state index contributed by atoms with van der Waals surface area (Å²) < 4.78 is 102. The van der Waals surface area contributed by atoms with Crippen molar-refractivity contribution < 1.29 is 39.9 Å². The highest BCUT2D eigenvalue weighted by molar-refractivity contribution is 7.91. The Kier molecular flexibility index (Phi) is 7.71. The third-order valence-electron chi connectivity index (χ3n) is 8.80. The molecule has 2 aliphatic heterocycles. The second-order valence-electron chi connectivity index (χ2n) is 12.0. The van der Waals surface area contributed by atoms with Gasteiger partial charge in [-0.15, -0.1) is 0 Å². The van der Waals surface area contributed by atoms with Crippen LogP contribution in [0.15, 0.2) is 24.3 Å². The van der Waals surface area contributed by atoms with Crippen LogP contribution in [0.1, 0.15) is 84.3 Å². The molecular weight excluding hydrogens is 603 g/mol. The highest BCUT2D eigenvalue weighted by Crippen LogP contribution is 2.46. The van der Waals surface area contributed by atoms with Crippen LogP contribution < -0.4 is 9.46 Å². The Bertz CT molecular complexity index is 1500. The van der Waals surface area contributed by atoms with Crippen LogP contribution in [0, 0.1) is 17.6 Å². The standard InChI is InChI=1S/C29H30ClF5N2O4S/c30-24-10-18(29(33,34)35)9-17(27(24)32)13-37-19-3-4-20(37)8-15(7-19)14-41-26-12-25(31)23(11-22(26)16-1-2-16)28(38)36-42(39,40)21-5-6-21/h9-12,15-16,19-21H,1-8,13-14H2,(H,36,38)/t15-,19-,20?/m1/s1. The second-order valence-corrected chi connectivity index (χ2v) is 14.3. The van der Waals surface area contributed by atoms with Gasteiger partial charge in [-0.3, -0.25) is 9.69 Å². The number of sulfonamides is 1. The lowest BCUT2D eigenvalue weighted by Crippen LogP contribution is -2.43. The predicted molar refractivity (Wildman–Crippen MR) is 145 cm³/mol. The summed E-state index contributed by atoms with van der Waals surface area (Å²) in [6.45, 7) is 0.306. The van der Waals surface area contributed by atoms with Gasteiger partial charge >= 0.3 is 6.18 Å². The molecule has 6 rings (SSSR count). The maximum absolute atomic E-state index is 15.0. The maximum Gasteiger partial charge on any atom is 0.416 e. The molecular formula is C29H30ClF5N2O4S.